The molecular formula is C35H29BrClN3O8S. The third kappa shape index (κ3) is 8.13. The molecule has 0 aliphatic carbocycles. The lowest BCUT2D eigenvalue weighted by atomic mass is 10.1. The van der Waals surface area contributed by atoms with E-state index < -0.39 is 17.8 Å². The summed E-state index contributed by atoms with van der Waals surface area (Å²) >= 11 is 11.2. The van der Waals surface area contributed by atoms with Crippen molar-refractivity contribution in [3.63, 3.8) is 0 Å². The molecular weight excluding hydrogens is 738 g/mol. The van der Waals surface area contributed by atoms with Gasteiger partial charge in [0.2, 0.25) is 5.75 Å². The molecule has 5 rings (SSSR count). The van der Waals surface area contributed by atoms with Gasteiger partial charge in [-0.15, -0.1) is 11.3 Å². The third-order valence-electron chi connectivity index (χ3n) is 6.96. The molecule has 0 radical (unpaired) electrons. The van der Waals surface area contributed by atoms with Crippen molar-refractivity contribution in [3.8, 4) is 28.7 Å². The molecule has 0 fully saturated rings. The number of anilines is 1. The molecule has 11 nitrogen and oxygen atoms in total. The lowest BCUT2D eigenvalue weighted by Crippen LogP contribution is -2.18. The third-order valence-corrected chi connectivity index (χ3v) is 9.09. The first-order valence-electron chi connectivity index (χ1n) is 14.6. The van der Waals surface area contributed by atoms with E-state index in [1.165, 1.54) is 51.0 Å². The van der Waals surface area contributed by atoms with Gasteiger partial charge < -0.3 is 29.0 Å². The normalized spacial score (nSPS) is 10.9. The Morgan fingerprint density at radius 3 is 2.20 bits per heavy atom. The average molecular weight is 767 g/mol. The molecule has 0 atom stereocenters. The number of esters is 1. The van der Waals surface area contributed by atoms with Gasteiger partial charge in [0.15, 0.2) is 23.0 Å². The first-order valence-corrected chi connectivity index (χ1v) is 16.6. The number of nitrogens with zero attached hydrogens (tertiary/aromatic N) is 1. The fourth-order valence-corrected chi connectivity index (χ4v) is 6.56. The van der Waals surface area contributed by atoms with E-state index in [1.54, 1.807) is 49.4 Å². The Morgan fingerprint density at radius 2 is 1.55 bits per heavy atom. The Kier molecular flexibility index (Phi) is 11.4. The van der Waals surface area contributed by atoms with Gasteiger partial charge in [-0.25, -0.2) is 10.2 Å². The van der Waals surface area contributed by atoms with Crippen LogP contribution in [0.25, 0.3) is 10.1 Å². The zero-order chi connectivity index (χ0) is 35.1. The minimum Gasteiger partial charge on any atom is -0.493 e. The molecule has 0 aliphatic heterocycles. The van der Waals surface area contributed by atoms with E-state index in [9.17, 15) is 14.4 Å². The summed E-state index contributed by atoms with van der Waals surface area (Å²) in [5.74, 6) is 0.0898. The lowest BCUT2D eigenvalue weighted by Gasteiger charge is -2.14. The largest absolute Gasteiger partial charge is 0.493 e. The number of thiophene rings is 1. The van der Waals surface area contributed by atoms with Crippen LogP contribution in [0.3, 0.4) is 0 Å². The van der Waals surface area contributed by atoms with Gasteiger partial charge in [0.1, 0.15) is 4.88 Å². The average Bonchev–Trinajstić information content (AvgIpc) is 3.43. The van der Waals surface area contributed by atoms with Crippen molar-refractivity contribution in [2.45, 2.75) is 6.92 Å². The van der Waals surface area contributed by atoms with Gasteiger partial charge in [0, 0.05) is 31.4 Å². The Labute approximate surface area is 298 Å². The molecule has 0 unspecified atom stereocenters. The van der Waals surface area contributed by atoms with Crippen molar-refractivity contribution >= 4 is 78.6 Å². The van der Waals surface area contributed by atoms with Crippen LogP contribution in [0, 0.1) is 0 Å². The molecule has 2 amide bonds. The summed E-state index contributed by atoms with van der Waals surface area (Å²) in [5, 5.41) is 7.91. The van der Waals surface area contributed by atoms with Gasteiger partial charge in [-0.1, -0.05) is 33.6 Å². The van der Waals surface area contributed by atoms with Crippen molar-refractivity contribution in [2.75, 3.05) is 33.3 Å². The second kappa shape index (κ2) is 15.9. The summed E-state index contributed by atoms with van der Waals surface area (Å²) in [6.45, 7) is 2.12. The molecule has 2 N–H and O–H groups in total. The highest BCUT2D eigenvalue weighted by Crippen LogP contribution is 2.39. The minimum atomic E-state index is -0.608. The first kappa shape index (κ1) is 35.2. The second-order valence-electron chi connectivity index (χ2n) is 10.1. The van der Waals surface area contributed by atoms with Crippen LogP contribution in [0.1, 0.15) is 42.9 Å². The van der Waals surface area contributed by atoms with Crippen LogP contribution in [0.15, 0.2) is 82.4 Å². The molecule has 14 heteroatoms. The van der Waals surface area contributed by atoms with Crippen molar-refractivity contribution in [1.29, 1.82) is 0 Å². The van der Waals surface area contributed by atoms with Crippen LogP contribution in [0.2, 0.25) is 5.02 Å². The van der Waals surface area contributed by atoms with Crippen LogP contribution < -0.4 is 34.4 Å². The van der Waals surface area contributed by atoms with Gasteiger partial charge in [0.25, 0.3) is 11.8 Å². The van der Waals surface area contributed by atoms with Crippen molar-refractivity contribution < 1.29 is 38.1 Å². The van der Waals surface area contributed by atoms with Gasteiger partial charge in [0.05, 0.1) is 39.2 Å². The first-order chi connectivity index (χ1) is 23.6. The van der Waals surface area contributed by atoms with Gasteiger partial charge in [-0.2, -0.15) is 5.10 Å². The SMILES string of the molecule is CCOc1cc(/C=N\NC(=O)c2ccc(NC(=O)c3cc(OC)c(OC)c(OC)c3)cc2)ccc1OC(=O)c1sc2cc(Br)ccc2c1Cl. The molecule has 4 aromatic carbocycles. The van der Waals surface area contributed by atoms with E-state index >= 15 is 0 Å². The summed E-state index contributed by atoms with van der Waals surface area (Å²) in [6.07, 6.45) is 1.43. The number of hydrogen-bond donors (Lipinski definition) is 2. The lowest BCUT2D eigenvalue weighted by molar-refractivity contribution is 0.0733. The highest BCUT2D eigenvalue weighted by molar-refractivity contribution is 9.10. The number of methoxy groups -OCH3 is 3. The predicted octanol–water partition coefficient (Wildman–Crippen LogP) is 7.98. The molecule has 1 aromatic heterocycles. The van der Waals surface area contributed by atoms with Crippen LogP contribution >= 0.6 is 38.9 Å². The van der Waals surface area contributed by atoms with Gasteiger partial charge in [-0.05, 0) is 79.2 Å². The highest BCUT2D eigenvalue weighted by atomic mass is 79.9. The number of amides is 2. The number of benzene rings is 4. The maximum Gasteiger partial charge on any atom is 0.355 e. The van der Waals surface area contributed by atoms with Crippen molar-refractivity contribution in [1.82, 2.24) is 5.43 Å². The number of ether oxygens (including phenoxy) is 5. The Morgan fingerprint density at radius 1 is 0.837 bits per heavy atom. The quantitative estimate of drug-likeness (QED) is 0.0566. The van der Waals surface area contributed by atoms with Gasteiger partial charge in [-0.3, -0.25) is 9.59 Å². The number of halogens is 2. The smallest absolute Gasteiger partial charge is 0.355 e. The van der Waals surface area contributed by atoms with Crippen molar-refractivity contribution in [2.24, 2.45) is 5.10 Å². The maximum atomic E-state index is 13.0. The van der Waals surface area contributed by atoms with E-state index in [0.717, 1.165) is 14.6 Å². The van der Waals surface area contributed by atoms with E-state index in [0.29, 0.717) is 57.0 Å². The zero-order valence-electron chi connectivity index (χ0n) is 26.6. The molecule has 0 saturated heterocycles. The standard InChI is InChI=1S/C35H29BrClN3O8S/c1-5-47-26-14-19(6-13-25(26)48-35(43)32-30(37)24-12-9-22(36)17-29(24)49-32)18-38-40-34(42)20-7-10-23(11-8-20)39-33(41)21-15-27(44-2)31(46-4)28(16-21)45-3/h6-18H,5H2,1-4H3,(H,39,41)(H,40,42)/b38-18-. The molecule has 0 bridgehead atoms. The number of carbonyl (C=O) groups is 3. The summed E-state index contributed by atoms with van der Waals surface area (Å²) in [7, 11) is 4.40. The highest BCUT2D eigenvalue weighted by Gasteiger charge is 2.21. The number of rotatable bonds is 12. The number of carbonyl (C=O) groups excluding carboxylic acids is 3. The summed E-state index contributed by atoms with van der Waals surface area (Å²) in [6, 6.07) is 19.8. The van der Waals surface area contributed by atoms with E-state index in [1.807, 2.05) is 18.2 Å². The molecule has 1 heterocycles. The van der Waals surface area contributed by atoms with E-state index in [4.69, 9.17) is 35.3 Å². The Balaban J connectivity index is 1.21. The van der Waals surface area contributed by atoms with Gasteiger partial charge >= 0.3 is 5.97 Å². The zero-order valence-corrected chi connectivity index (χ0v) is 29.7. The number of fused-ring (bicyclic) bond motifs is 1. The molecule has 0 saturated carbocycles. The van der Waals surface area contributed by atoms with Crippen LogP contribution in [0.4, 0.5) is 5.69 Å². The fourth-order valence-electron chi connectivity index (χ4n) is 4.62. The Hall–Kier alpha value is -5.11. The summed E-state index contributed by atoms with van der Waals surface area (Å²) in [4.78, 5) is 39.0. The van der Waals surface area contributed by atoms with E-state index in [2.05, 4.69) is 31.8 Å². The molecule has 5 aromatic rings. The van der Waals surface area contributed by atoms with Crippen LogP contribution in [-0.2, 0) is 0 Å². The summed E-state index contributed by atoms with van der Waals surface area (Å²) < 4.78 is 29.0. The topological polar surface area (TPSA) is 134 Å². The molecule has 0 aliphatic rings. The van der Waals surface area contributed by atoms with Crippen molar-refractivity contribution in [3.05, 3.63) is 104 Å². The number of hydrazone groups is 1. The van der Waals surface area contributed by atoms with Crippen LogP contribution in [0.5, 0.6) is 28.7 Å². The molecule has 252 valence electrons. The second-order valence-corrected chi connectivity index (χ2v) is 12.4. The summed E-state index contributed by atoms with van der Waals surface area (Å²) in [5.41, 5.74) is 4.12. The van der Waals surface area contributed by atoms with Crippen LogP contribution in [-0.4, -0.2) is 51.9 Å². The molecule has 0 spiro atoms. The predicted molar refractivity (Wildman–Crippen MR) is 193 cm³/mol. The number of hydrogen-bond acceptors (Lipinski definition) is 10. The minimum absolute atomic E-state index is 0.209. The Bertz CT molecular complexity index is 2040. The molecule has 49 heavy (non-hydrogen) atoms. The fraction of sp³-hybridized carbons (Fsp3) is 0.143. The monoisotopic (exact) mass is 765 g/mol. The van der Waals surface area contributed by atoms with E-state index in [-0.39, 0.29) is 10.6 Å². The maximum absolute atomic E-state index is 13.0. The number of nitrogens with one attached hydrogen (secondary N) is 2.